The molecule has 0 radical (unpaired) electrons. The number of nitrogens with zero attached hydrogens (tertiary/aromatic N) is 1. The van der Waals surface area contributed by atoms with Crippen LogP contribution in [0.4, 0.5) is 13.2 Å². The van der Waals surface area contributed by atoms with E-state index < -0.39 is 6.36 Å². The molecular formula is C11H10F3NO. The summed E-state index contributed by atoms with van der Waals surface area (Å²) in [6.07, 6.45) is -4.73. The van der Waals surface area contributed by atoms with E-state index in [0.717, 1.165) is 6.07 Å². The molecule has 0 saturated heterocycles. The number of nitriles is 1. The number of hydrogen-bond acceptors (Lipinski definition) is 2. The molecule has 0 spiro atoms. The molecule has 0 N–H and O–H groups in total. The summed E-state index contributed by atoms with van der Waals surface area (Å²) in [4.78, 5) is 0. The van der Waals surface area contributed by atoms with E-state index in [0.29, 0.717) is 5.56 Å². The van der Waals surface area contributed by atoms with Crippen molar-refractivity contribution in [2.75, 3.05) is 0 Å². The SMILES string of the molecule is CC(C)c1ccc(OC(F)(F)F)cc1C#N. The maximum Gasteiger partial charge on any atom is 0.573 e. The molecule has 2 nitrogen and oxygen atoms in total. The first-order valence-electron chi connectivity index (χ1n) is 4.63. The Morgan fingerprint density at radius 2 is 1.94 bits per heavy atom. The van der Waals surface area contributed by atoms with Gasteiger partial charge in [0.15, 0.2) is 0 Å². The van der Waals surface area contributed by atoms with Crippen molar-refractivity contribution in [3.05, 3.63) is 29.3 Å². The van der Waals surface area contributed by atoms with Gasteiger partial charge in [-0.15, -0.1) is 13.2 Å². The highest BCUT2D eigenvalue weighted by Gasteiger charge is 2.31. The van der Waals surface area contributed by atoms with Gasteiger partial charge in [-0.1, -0.05) is 19.9 Å². The lowest BCUT2D eigenvalue weighted by molar-refractivity contribution is -0.274. The van der Waals surface area contributed by atoms with E-state index in [4.69, 9.17) is 5.26 Å². The van der Waals surface area contributed by atoms with Crippen molar-refractivity contribution in [3.63, 3.8) is 0 Å². The molecule has 0 saturated carbocycles. The highest BCUT2D eigenvalue weighted by Crippen LogP contribution is 2.27. The van der Waals surface area contributed by atoms with E-state index in [2.05, 4.69) is 4.74 Å². The molecule has 16 heavy (non-hydrogen) atoms. The summed E-state index contributed by atoms with van der Waals surface area (Å²) in [5.74, 6) is -0.289. The Bertz CT molecular complexity index is 418. The molecular weight excluding hydrogens is 219 g/mol. The van der Waals surface area contributed by atoms with Crippen LogP contribution in [-0.4, -0.2) is 6.36 Å². The number of hydrogen-bond donors (Lipinski definition) is 0. The molecule has 0 amide bonds. The molecule has 0 bridgehead atoms. The topological polar surface area (TPSA) is 33.0 Å². The normalized spacial score (nSPS) is 11.3. The monoisotopic (exact) mass is 229 g/mol. The van der Waals surface area contributed by atoms with Gasteiger partial charge in [0, 0.05) is 0 Å². The maximum atomic E-state index is 11.9. The third-order valence-corrected chi connectivity index (χ3v) is 2.00. The largest absolute Gasteiger partial charge is 0.573 e. The fourth-order valence-electron chi connectivity index (χ4n) is 1.33. The van der Waals surface area contributed by atoms with Gasteiger partial charge in [-0.25, -0.2) is 0 Å². The van der Waals surface area contributed by atoms with Gasteiger partial charge in [-0.3, -0.25) is 0 Å². The van der Waals surface area contributed by atoms with Crippen LogP contribution in [0.3, 0.4) is 0 Å². The molecule has 0 aromatic heterocycles. The Balaban J connectivity index is 3.06. The lowest BCUT2D eigenvalue weighted by atomic mass is 9.98. The average molecular weight is 229 g/mol. The van der Waals surface area contributed by atoms with Crippen molar-refractivity contribution in [3.8, 4) is 11.8 Å². The van der Waals surface area contributed by atoms with E-state index in [1.165, 1.54) is 12.1 Å². The zero-order chi connectivity index (χ0) is 12.3. The molecule has 0 heterocycles. The quantitative estimate of drug-likeness (QED) is 0.776. The van der Waals surface area contributed by atoms with Crippen LogP contribution in [-0.2, 0) is 0 Å². The second-order valence-corrected chi connectivity index (χ2v) is 3.56. The summed E-state index contributed by atoms with van der Waals surface area (Å²) in [5.41, 5.74) is 0.911. The van der Waals surface area contributed by atoms with E-state index in [1.807, 2.05) is 19.9 Å². The predicted molar refractivity (Wildman–Crippen MR) is 51.9 cm³/mol. The van der Waals surface area contributed by atoms with Crippen LogP contribution < -0.4 is 4.74 Å². The minimum absolute atomic E-state index is 0.0783. The van der Waals surface area contributed by atoms with E-state index in [-0.39, 0.29) is 17.2 Å². The fraction of sp³-hybridized carbons (Fsp3) is 0.364. The zero-order valence-corrected chi connectivity index (χ0v) is 8.80. The van der Waals surface area contributed by atoms with Gasteiger partial charge in [-0.05, 0) is 23.6 Å². The Morgan fingerprint density at radius 3 is 2.38 bits per heavy atom. The average Bonchev–Trinajstić information content (AvgIpc) is 2.14. The number of alkyl halides is 3. The summed E-state index contributed by atoms with van der Waals surface area (Å²) < 4.78 is 39.5. The van der Waals surface area contributed by atoms with Gasteiger partial charge in [0.2, 0.25) is 0 Å². The first-order chi connectivity index (χ1) is 7.33. The van der Waals surface area contributed by atoms with Crippen molar-refractivity contribution < 1.29 is 17.9 Å². The highest BCUT2D eigenvalue weighted by molar-refractivity contribution is 5.44. The molecule has 1 aromatic rings. The van der Waals surface area contributed by atoms with Gasteiger partial charge < -0.3 is 4.74 Å². The fourth-order valence-corrected chi connectivity index (χ4v) is 1.33. The minimum atomic E-state index is -4.73. The highest BCUT2D eigenvalue weighted by atomic mass is 19.4. The smallest absolute Gasteiger partial charge is 0.406 e. The Morgan fingerprint density at radius 1 is 1.31 bits per heavy atom. The van der Waals surface area contributed by atoms with Crippen LogP contribution in [0.1, 0.15) is 30.9 Å². The molecule has 0 unspecified atom stereocenters. The van der Waals surface area contributed by atoms with Gasteiger partial charge in [0.05, 0.1) is 11.6 Å². The molecule has 86 valence electrons. The second-order valence-electron chi connectivity index (χ2n) is 3.56. The van der Waals surface area contributed by atoms with E-state index in [9.17, 15) is 13.2 Å². The van der Waals surface area contributed by atoms with Gasteiger partial charge in [-0.2, -0.15) is 5.26 Å². The van der Waals surface area contributed by atoms with Gasteiger partial charge in [0.1, 0.15) is 5.75 Å². The predicted octanol–water partition coefficient (Wildman–Crippen LogP) is 3.58. The maximum absolute atomic E-state index is 11.9. The van der Waals surface area contributed by atoms with Crippen molar-refractivity contribution in [2.24, 2.45) is 0 Å². The lowest BCUT2D eigenvalue weighted by Gasteiger charge is -2.12. The number of ether oxygens (including phenoxy) is 1. The molecule has 0 atom stereocenters. The third kappa shape index (κ3) is 3.16. The van der Waals surface area contributed by atoms with Gasteiger partial charge >= 0.3 is 6.36 Å². The molecule has 0 fully saturated rings. The summed E-state index contributed by atoms with van der Waals surface area (Å²) in [6.45, 7) is 3.72. The summed E-state index contributed by atoms with van der Waals surface area (Å²) in [5, 5.41) is 8.80. The Hall–Kier alpha value is -1.70. The molecule has 1 aromatic carbocycles. The first kappa shape index (κ1) is 12.4. The van der Waals surface area contributed by atoms with E-state index >= 15 is 0 Å². The molecule has 1 rings (SSSR count). The minimum Gasteiger partial charge on any atom is -0.406 e. The van der Waals surface area contributed by atoms with Crippen molar-refractivity contribution in [1.29, 1.82) is 5.26 Å². The molecule has 0 aliphatic rings. The second kappa shape index (κ2) is 4.44. The van der Waals surface area contributed by atoms with Crippen LogP contribution >= 0.6 is 0 Å². The Kier molecular flexibility index (Phi) is 3.43. The standard InChI is InChI=1S/C11H10F3NO/c1-7(2)10-4-3-9(5-8(10)6-15)16-11(12,13)14/h3-5,7H,1-2H3. The number of benzene rings is 1. The van der Waals surface area contributed by atoms with Crippen LogP contribution in [0.5, 0.6) is 5.75 Å². The van der Waals surface area contributed by atoms with Crippen LogP contribution in [0.15, 0.2) is 18.2 Å². The first-order valence-corrected chi connectivity index (χ1v) is 4.63. The number of rotatable bonds is 2. The van der Waals surface area contributed by atoms with Gasteiger partial charge in [0.25, 0.3) is 0 Å². The summed E-state index contributed by atoms with van der Waals surface area (Å²) in [6, 6.07) is 5.64. The van der Waals surface area contributed by atoms with Crippen molar-refractivity contribution in [2.45, 2.75) is 26.1 Å². The third-order valence-electron chi connectivity index (χ3n) is 2.00. The summed E-state index contributed by atoms with van der Waals surface area (Å²) >= 11 is 0. The Labute approximate surface area is 91.3 Å². The van der Waals surface area contributed by atoms with Crippen molar-refractivity contribution in [1.82, 2.24) is 0 Å². The van der Waals surface area contributed by atoms with Crippen molar-refractivity contribution >= 4 is 0 Å². The molecule has 0 aliphatic carbocycles. The van der Waals surface area contributed by atoms with E-state index in [1.54, 1.807) is 0 Å². The summed E-state index contributed by atoms with van der Waals surface area (Å²) in [7, 11) is 0. The van der Waals surface area contributed by atoms with Crippen LogP contribution in [0.2, 0.25) is 0 Å². The zero-order valence-electron chi connectivity index (χ0n) is 8.80. The van der Waals surface area contributed by atoms with Crippen LogP contribution in [0.25, 0.3) is 0 Å². The lowest BCUT2D eigenvalue weighted by Crippen LogP contribution is -2.17. The molecule has 5 heteroatoms. The number of halogens is 3. The van der Waals surface area contributed by atoms with Crippen LogP contribution in [0, 0.1) is 11.3 Å². The molecule has 0 aliphatic heterocycles.